The van der Waals surface area contributed by atoms with Crippen molar-refractivity contribution in [1.29, 1.82) is 0 Å². The predicted octanol–water partition coefficient (Wildman–Crippen LogP) is 1.87. The molecule has 2 aromatic carbocycles. The van der Waals surface area contributed by atoms with Crippen LogP contribution in [-0.4, -0.2) is 30.1 Å². The third kappa shape index (κ3) is 3.60. The molecule has 1 aromatic heterocycles. The van der Waals surface area contributed by atoms with Gasteiger partial charge in [-0.1, -0.05) is 12.1 Å². The standard InChI is InChI=1S/C18H17N3O4/c1-24-12-5-3-4-11(8-12)10-19-18(23)16-20-15-9-13(25-2)6-7-14(15)17(22)21-16/h3-9H,10H2,1-2H3,(H,19,23)(H,20,21,22). The van der Waals surface area contributed by atoms with Gasteiger partial charge < -0.3 is 19.8 Å². The number of H-pyrrole nitrogens is 1. The Morgan fingerprint density at radius 2 is 1.88 bits per heavy atom. The Labute approximate surface area is 143 Å². The van der Waals surface area contributed by atoms with E-state index in [9.17, 15) is 9.59 Å². The first-order valence-corrected chi connectivity index (χ1v) is 7.60. The maximum absolute atomic E-state index is 12.3. The summed E-state index contributed by atoms with van der Waals surface area (Å²) in [7, 11) is 3.10. The van der Waals surface area contributed by atoms with Crippen LogP contribution in [0.5, 0.6) is 11.5 Å². The summed E-state index contributed by atoms with van der Waals surface area (Å²) in [5, 5.41) is 3.12. The number of nitrogens with zero attached hydrogens (tertiary/aromatic N) is 1. The molecule has 0 unspecified atom stereocenters. The second-order valence-electron chi connectivity index (χ2n) is 5.33. The highest BCUT2D eigenvalue weighted by atomic mass is 16.5. The van der Waals surface area contributed by atoms with Crippen molar-refractivity contribution >= 4 is 16.8 Å². The van der Waals surface area contributed by atoms with Crippen LogP contribution in [0.2, 0.25) is 0 Å². The summed E-state index contributed by atoms with van der Waals surface area (Å²) >= 11 is 0. The van der Waals surface area contributed by atoms with Crippen molar-refractivity contribution in [1.82, 2.24) is 15.3 Å². The van der Waals surface area contributed by atoms with Crippen LogP contribution < -0.4 is 20.3 Å². The molecule has 3 aromatic rings. The number of hydrogen-bond acceptors (Lipinski definition) is 5. The van der Waals surface area contributed by atoms with Gasteiger partial charge in [0, 0.05) is 12.6 Å². The van der Waals surface area contributed by atoms with Gasteiger partial charge in [-0.3, -0.25) is 9.59 Å². The second-order valence-corrected chi connectivity index (χ2v) is 5.33. The van der Waals surface area contributed by atoms with Crippen molar-refractivity contribution < 1.29 is 14.3 Å². The fraction of sp³-hybridized carbons (Fsp3) is 0.167. The molecule has 0 bridgehead atoms. The van der Waals surface area contributed by atoms with E-state index >= 15 is 0 Å². The molecule has 0 saturated heterocycles. The summed E-state index contributed by atoms with van der Waals surface area (Å²) in [4.78, 5) is 31.2. The highest BCUT2D eigenvalue weighted by Crippen LogP contribution is 2.16. The van der Waals surface area contributed by atoms with Gasteiger partial charge in [-0.2, -0.15) is 0 Å². The molecule has 0 fully saturated rings. The first-order valence-electron chi connectivity index (χ1n) is 7.60. The molecule has 7 heteroatoms. The Hall–Kier alpha value is -3.35. The first kappa shape index (κ1) is 16.5. The highest BCUT2D eigenvalue weighted by Gasteiger charge is 2.12. The van der Waals surface area contributed by atoms with Crippen molar-refractivity contribution in [2.75, 3.05) is 14.2 Å². The minimum atomic E-state index is -0.468. The lowest BCUT2D eigenvalue weighted by Gasteiger charge is -2.07. The number of carbonyl (C=O) groups excluding carboxylic acids is 1. The molecule has 25 heavy (non-hydrogen) atoms. The van der Waals surface area contributed by atoms with Gasteiger partial charge in [-0.15, -0.1) is 0 Å². The van der Waals surface area contributed by atoms with Gasteiger partial charge in [0.1, 0.15) is 11.5 Å². The minimum absolute atomic E-state index is 0.0475. The van der Waals surface area contributed by atoms with E-state index in [2.05, 4.69) is 15.3 Å². The van der Waals surface area contributed by atoms with Crippen LogP contribution in [0, 0.1) is 0 Å². The SMILES string of the molecule is COc1cccc(CNC(=O)c2nc3cc(OC)ccc3c(=O)[nH]2)c1. The van der Waals surface area contributed by atoms with E-state index in [4.69, 9.17) is 9.47 Å². The monoisotopic (exact) mass is 339 g/mol. The van der Waals surface area contributed by atoms with E-state index in [1.54, 1.807) is 25.3 Å². The average molecular weight is 339 g/mol. The van der Waals surface area contributed by atoms with Crippen molar-refractivity contribution in [3.05, 3.63) is 64.2 Å². The zero-order valence-corrected chi connectivity index (χ0v) is 13.8. The number of rotatable bonds is 5. The molecule has 3 rings (SSSR count). The fourth-order valence-electron chi connectivity index (χ4n) is 2.40. The molecule has 128 valence electrons. The molecule has 1 heterocycles. The third-order valence-corrected chi connectivity index (χ3v) is 3.72. The van der Waals surface area contributed by atoms with Crippen molar-refractivity contribution in [2.24, 2.45) is 0 Å². The van der Waals surface area contributed by atoms with Crippen LogP contribution in [0.1, 0.15) is 16.2 Å². The lowest BCUT2D eigenvalue weighted by molar-refractivity contribution is 0.0940. The van der Waals surface area contributed by atoms with Gasteiger partial charge in [0.2, 0.25) is 0 Å². The topological polar surface area (TPSA) is 93.3 Å². The molecule has 0 spiro atoms. The van der Waals surface area contributed by atoms with Crippen LogP contribution in [0.15, 0.2) is 47.3 Å². The number of amides is 1. The number of benzene rings is 2. The number of carbonyl (C=O) groups is 1. The number of methoxy groups -OCH3 is 2. The van der Waals surface area contributed by atoms with Gasteiger partial charge in [0.05, 0.1) is 25.1 Å². The van der Waals surface area contributed by atoms with Crippen molar-refractivity contribution in [3.8, 4) is 11.5 Å². The van der Waals surface area contributed by atoms with E-state index in [-0.39, 0.29) is 17.9 Å². The average Bonchev–Trinajstić information content (AvgIpc) is 2.65. The molecule has 0 aliphatic rings. The molecular weight excluding hydrogens is 322 g/mol. The van der Waals surface area contributed by atoms with Crippen molar-refractivity contribution in [3.63, 3.8) is 0 Å². The molecule has 0 saturated carbocycles. The Kier molecular flexibility index (Phi) is 4.65. The van der Waals surface area contributed by atoms with Crippen LogP contribution in [0.4, 0.5) is 0 Å². The molecule has 0 radical (unpaired) electrons. The Morgan fingerprint density at radius 1 is 1.12 bits per heavy atom. The van der Waals surface area contributed by atoms with Gasteiger partial charge >= 0.3 is 0 Å². The number of fused-ring (bicyclic) bond motifs is 1. The molecule has 0 aliphatic heterocycles. The van der Waals surface area contributed by atoms with Gasteiger partial charge in [-0.05, 0) is 29.8 Å². The summed E-state index contributed by atoms with van der Waals surface area (Å²) in [6, 6.07) is 12.2. The summed E-state index contributed by atoms with van der Waals surface area (Å²) in [5.41, 5.74) is 0.895. The van der Waals surface area contributed by atoms with Gasteiger partial charge in [0.25, 0.3) is 11.5 Å². The fourth-order valence-corrected chi connectivity index (χ4v) is 2.40. The molecule has 0 atom stereocenters. The molecule has 0 aliphatic carbocycles. The quantitative estimate of drug-likeness (QED) is 0.740. The largest absolute Gasteiger partial charge is 0.497 e. The molecule has 1 amide bonds. The Morgan fingerprint density at radius 3 is 2.64 bits per heavy atom. The summed E-state index contributed by atoms with van der Waals surface area (Å²) in [6.07, 6.45) is 0. The van der Waals surface area contributed by atoms with Crippen LogP contribution >= 0.6 is 0 Å². The molecule has 7 nitrogen and oxygen atoms in total. The van der Waals surface area contributed by atoms with E-state index in [0.29, 0.717) is 22.4 Å². The zero-order valence-electron chi connectivity index (χ0n) is 13.8. The van der Waals surface area contributed by atoms with Gasteiger partial charge in [-0.25, -0.2) is 4.98 Å². The summed E-state index contributed by atoms with van der Waals surface area (Å²) in [5.74, 6) is 0.753. The lowest BCUT2D eigenvalue weighted by atomic mass is 10.2. The Bertz CT molecular complexity index is 981. The number of ether oxygens (including phenoxy) is 2. The number of nitrogens with one attached hydrogen (secondary N) is 2. The first-order chi connectivity index (χ1) is 12.1. The van der Waals surface area contributed by atoms with E-state index < -0.39 is 5.91 Å². The normalized spacial score (nSPS) is 10.5. The molecular formula is C18H17N3O4. The molecule has 2 N–H and O–H groups in total. The smallest absolute Gasteiger partial charge is 0.287 e. The Balaban J connectivity index is 1.82. The van der Waals surface area contributed by atoms with Crippen LogP contribution in [0.25, 0.3) is 10.9 Å². The third-order valence-electron chi connectivity index (χ3n) is 3.72. The van der Waals surface area contributed by atoms with Crippen molar-refractivity contribution in [2.45, 2.75) is 6.54 Å². The van der Waals surface area contributed by atoms with E-state index in [0.717, 1.165) is 5.56 Å². The number of aromatic amines is 1. The van der Waals surface area contributed by atoms with E-state index in [1.807, 2.05) is 24.3 Å². The maximum atomic E-state index is 12.3. The zero-order chi connectivity index (χ0) is 17.8. The van der Waals surface area contributed by atoms with Crippen LogP contribution in [-0.2, 0) is 6.54 Å². The predicted molar refractivity (Wildman–Crippen MR) is 93.1 cm³/mol. The lowest BCUT2D eigenvalue weighted by Crippen LogP contribution is -2.27. The highest BCUT2D eigenvalue weighted by molar-refractivity contribution is 5.92. The van der Waals surface area contributed by atoms with E-state index in [1.165, 1.54) is 7.11 Å². The summed E-state index contributed by atoms with van der Waals surface area (Å²) < 4.78 is 10.3. The number of hydrogen-bond donors (Lipinski definition) is 2. The minimum Gasteiger partial charge on any atom is -0.497 e. The maximum Gasteiger partial charge on any atom is 0.287 e. The van der Waals surface area contributed by atoms with Crippen LogP contribution in [0.3, 0.4) is 0 Å². The van der Waals surface area contributed by atoms with Gasteiger partial charge in [0.15, 0.2) is 5.82 Å². The number of aromatic nitrogens is 2. The summed E-state index contributed by atoms with van der Waals surface area (Å²) in [6.45, 7) is 0.288. The second kappa shape index (κ2) is 7.04.